The van der Waals surface area contributed by atoms with Crippen molar-refractivity contribution in [2.75, 3.05) is 29.6 Å². The van der Waals surface area contributed by atoms with Gasteiger partial charge in [0.25, 0.3) is 0 Å². The molecule has 1 N–H and O–H groups in total. The maximum atomic E-state index is 4.65. The van der Waals surface area contributed by atoms with Gasteiger partial charge in [-0.3, -0.25) is 0 Å². The number of nitrogens with zero attached hydrogens (tertiary/aromatic N) is 3. The van der Waals surface area contributed by atoms with Gasteiger partial charge in [0.05, 0.1) is 0 Å². The molecule has 0 aliphatic heterocycles. The Hall–Kier alpha value is -0.970. The van der Waals surface area contributed by atoms with E-state index in [1.165, 1.54) is 12.8 Å². The first-order chi connectivity index (χ1) is 8.78. The SMILES string of the molecule is CCCN(c1cc(NCC)nc(SC)n1)C1CC1. The summed E-state index contributed by atoms with van der Waals surface area (Å²) < 4.78 is 0. The van der Waals surface area contributed by atoms with Crippen molar-refractivity contribution in [3.05, 3.63) is 6.07 Å². The van der Waals surface area contributed by atoms with Crippen molar-refractivity contribution >= 4 is 23.4 Å². The van der Waals surface area contributed by atoms with Crippen LogP contribution in [0.3, 0.4) is 0 Å². The van der Waals surface area contributed by atoms with Crippen LogP contribution in [0.5, 0.6) is 0 Å². The van der Waals surface area contributed by atoms with Crippen LogP contribution in [0.4, 0.5) is 11.6 Å². The van der Waals surface area contributed by atoms with Crippen molar-refractivity contribution in [1.29, 1.82) is 0 Å². The Morgan fingerprint density at radius 1 is 1.39 bits per heavy atom. The molecule has 2 rings (SSSR count). The van der Waals surface area contributed by atoms with Crippen LogP contribution in [0.2, 0.25) is 0 Å². The molecule has 1 heterocycles. The van der Waals surface area contributed by atoms with Crippen LogP contribution in [0, 0.1) is 0 Å². The normalized spacial score (nSPS) is 14.6. The zero-order valence-electron chi connectivity index (χ0n) is 11.4. The van der Waals surface area contributed by atoms with E-state index in [9.17, 15) is 0 Å². The lowest BCUT2D eigenvalue weighted by atomic mass is 10.3. The van der Waals surface area contributed by atoms with Crippen molar-refractivity contribution in [3.63, 3.8) is 0 Å². The molecule has 0 bridgehead atoms. The lowest BCUT2D eigenvalue weighted by molar-refractivity contribution is 0.739. The van der Waals surface area contributed by atoms with E-state index in [2.05, 4.69) is 40.1 Å². The van der Waals surface area contributed by atoms with E-state index >= 15 is 0 Å². The topological polar surface area (TPSA) is 41.0 Å². The summed E-state index contributed by atoms with van der Waals surface area (Å²) in [6.45, 7) is 6.28. The van der Waals surface area contributed by atoms with E-state index in [0.717, 1.165) is 36.3 Å². The van der Waals surface area contributed by atoms with Gasteiger partial charge in [0.1, 0.15) is 11.6 Å². The summed E-state index contributed by atoms with van der Waals surface area (Å²) in [4.78, 5) is 11.6. The molecular weight excluding hydrogens is 244 g/mol. The quantitative estimate of drug-likeness (QED) is 0.607. The number of hydrogen-bond acceptors (Lipinski definition) is 5. The van der Waals surface area contributed by atoms with Gasteiger partial charge >= 0.3 is 0 Å². The largest absolute Gasteiger partial charge is 0.370 e. The minimum atomic E-state index is 0.698. The third kappa shape index (κ3) is 3.28. The third-order valence-corrected chi connectivity index (χ3v) is 3.53. The molecule has 1 aliphatic carbocycles. The van der Waals surface area contributed by atoms with Crippen molar-refractivity contribution in [2.45, 2.75) is 44.3 Å². The molecule has 1 aliphatic rings. The summed E-state index contributed by atoms with van der Waals surface area (Å²) in [6, 6.07) is 2.78. The first-order valence-corrected chi connectivity index (χ1v) is 7.94. The molecule has 1 fully saturated rings. The summed E-state index contributed by atoms with van der Waals surface area (Å²) in [5, 5.41) is 4.14. The van der Waals surface area contributed by atoms with Crippen molar-refractivity contribution in [3.8, 4) is 0 Å². The van der Waals surface area contributed by atoms with Gasteiger partial charge < -0.3 is 10.2 Å². The highest BCUT2D eigenvalue weighted by molar-refractivity contribution is 7.98. The first kappa shape index (κ1) is 13.5. The fourth-order valence-electron chi connectivity index (χ4n) is 2.03. The smallest absolute Gasteiger partial charge is 0.191 e. The van der Waals surface area contributed by atoms with Gasteiger partial charge in [-0.1, -0.05) is 18.7 Å². The van der Waals surface area contributed by atoms with E-state index in [1.54, 1.807) is 11.8 Å². The second kappa shape index (κ2) is 6.27. The Kier molecular flexibility index (Phi) is 4.69. The Bertz CT molecular complexity index is 393. The first-order valence-electron chi connectivity index (χ1n) is 6.72. The summed E-state index contributed by atoms with van der Waals surface area (Å²) in [7, 11) is 0. The highest BCUT2D eigenvalue weighted by Crippen LogP contribution is 2.32. The van der Waals surface area contributed by atoms with Gasteiger partial charge in [-0.05, 0) is 32.4 Å². The fraction of sp³-hybridized carbons (Fsp3) is 0.692. The molecule has 1 aromatic heterocycles. The van der Waals surface area contributed by atoms with Crippen LogP contribution in [0.1, 0.15) is 33.1 Å². The van der Waals surface area contributed by atoms with Crippen molar-refractivity contribution in [1.82, 2.24) is 9.97 Å². The number of hydrogen-bond donors (Lipinski definition) is 1. The molecule has 1 aromatic rings. The lowest BCUT2D eigenvalue weighted by Crippen LogP contribution is -2.27. The van der Waals surface area contributed by atoms with Crippen LogP contribution in [0.25, 0.3) is 0 Å². The molecular formula is C13H22N4S. The number of nitrogens with one attached hydrogen (secondary N) is 1. The molecule has 0 radical (unpaired) electrons. The standard InChI is InChI=1S/C13H22N4S/c1-4-8-17(10-6-7-10)12-9-11(14-5-2)15-13(16-12)18-3/h9-10H,4-8H2,1-3H3,(H,14,15,16). The summed E-state index contributed by atoms with van der Waals surface area (Å²) in [5.41, 5.74) is 0. The van der Waals surface area contributed by atoms with Crippen LogP contribution < -0.4 is 10.2 Å². The minimum Gasteiger partial charge on any atom is -0.370 e. The highest BCUT2D eigenvalue weighted by atomic mass is 32.2. The maximum Gasteiger partial charge on any atom is 0.191 e. The van der Waals surface area contributed by atoms with Gasteiger partial charge in [0.2, 0.25) is 0 Å². The lowest BCUT2D eigenvalue weighted by Gasteiger charge is -2.23. The second-order valence-electron chi connectivity index (χ2n) is 4.55. The van der Waals surface area contributed by atoms with Gasteiger partial charge in [0.15, 0.2) is 5.16 Å². The molecule has 5 heteroatoms. The van der Waals surface area contributed by atoms with Crippen LogP contribution in [-0.4, -0.2) is 35.4 Å². The molecule has 0 atom stereocenters. The molecule has 0 aromatic carbocycles. The van der Waals surface area contributed by atoms with Gasteiger partial charge in [0, 0.05) is 25.2 Å². The summed E-state index contributed by atoms with van der Waals surface area (Å²) in [5.74, 6) is 2.02. The molecule has 1 saturated carbocycles. The minimum absolute atomic E-state index is 0.698. The monoisotopic (exact) mass is 266 g/mol. The molecule has 0 unspecified atom stereocenters. The number of thioether (sulfide) groups is 1. The van der Waals surface area contributed by atoms with Crippen LogP contribution >= 0.6 is 11.8 Å². The third-order valence-electron chi connectivity index (χ3n) is 2.98. The molecule has 18 heavy (non-hydrogen) atoms. The van der Waals surface area contributed by atoms with Crippen molar-refractivity contribution in [2.24, 2.45) is 0 Å². The maximum absolute atomic E-state index is 4.65. The van der Waals surface area contributed by atoms with E-state index in [-0.39, 0.29) is 0 Å². The Balaban J connectivity index is 2.25. The average molecular weight is 266 g/mol. The Morgan fingerprint density at radius 2 is 2.17 bits per heavy atom. The van der Waals surface area contributed by atoms with E-state index < -0.39 is 0 Å². The Labute approximate surface area is 114 Å². The van der Waals surface area contributed by atoms with E-state index in [1.807, 2.05) is 6.26 Å². The van der Waals surface area contributed by atoms with Crippen molar-refractivity contribution < 1.29 is 0 Å². The number of aromatic nitrogens is 2. The van der Waals surface area contributed by atoms with E-state index in [4.69, 9.17) is 0 Å². The molecule has 0 spiro atoms. The molecule has 100 valence electrons. The average Bonchev–Trinajstić information content (AvgIpc) is 3.20. The van der Waals surface area contributed by atoms with Crippen LogP contribution in [0.15, 0.2) is 11.2 Å². The zero-order chi connectivity index (χ0) is 13.0. The van der Waals surface area contributed by atoms with E-state index in [0.29, 0.717) is 6.04 Å². The fourth-order valence-corrected chi connectivity index (χ4v) is 2.41. The van der Waals surface area contributed by atoms with Gasteiger partial charge in [-0.15, -0.1) is 0 Å². The van der Waals surface area contributed by atoms with Gasteiger partial charge in [-0.25, -0.2) is 9.97 Å². The van der Waals surface area contributed by atoms with Gasteiger partial charge in [-0.2, -0.15) is 0 Å². The summed E-state index contributed by atoms with van der Waals surface area (Å²) in [6.07, 6.45) is 5.78. The second-order valence-corrected chi connectivity index (χ2v) is 5.33. The number of rotatable bonds is 7. The Morgan fingerprint density at radius 3 is 2.72 bits per heavy atom. The number of anilines is 2. The molecule has 0 amide bonds. The molecule has 4 nitrogen and oxygen atoms in total. The zero-order valence-corrected chi connectivity index (χ0v) is 12.3. The predicted octanol–water partition coefficient (Wildman–Crippen LogP) is 3.01. The van der Waals surface area contributed by atoms with Crippen LogP contribution in [-0.2, 0) is 0 Å². The predicted molar refractivity (Wildman–Crippen MR) is 78.6 cm³/mol. The molecule has 0 saturated heterocycles. The highest BCUT2D eigenvalue weighted by Gasteiger charge is 2.29. The summed E-state index contributed by atoms with van der Waals surface area (Å²) >= 11 is 1.60.